The van der Waals surface area contributed by atoms with Crippen LogP contribution in [0.1, 0.15) is 14.7 Å². The molecule has 3 heterocycles. The van der Waals surface area contributed by atoms with Crippen molar-refractivity contribution in [1.82, 2.24) is 19.5 Å². The second kappa shape index (κ2) is 5.86. The van der Waals surface area contributed by atoms with Gasteiger partial charge in [-0.05, 0) is 31.2 Å². The number of carbonyl (C=O) groups is 1. The van der Waals surface area contributed by atoms with Crippen molar-refractivity contribution in [3.05, 3.63) is 65.0 Å². The van der Waals surface area contributed by atoms with Crippen molar-refractivity contribution in [2.45, 2.75) is 6.92 Å². The van der Waals surface area contributed by atoms with Gasteiger partial charge in [-0.15, -0.1) is 11.3 Å². The minimum absolute atomic E-state index is 0.178. The summed E-state index contributed by atoms with van der Waals surface area (Å²) in [6.45, 7) is 1.87. The second-order valence-corrected chi connectivity index (χ2v) is 6.44. The van der Waals surface area contributed by atoms with E-state index < -0.39 is 0 Å². The van der Waals surface area contributed by atoms with Crippen LogP contribution in [-0.4, -0.2) is 25.4 Å². The third-order valence-corrected chi connectivity index (χ3v) is 4.46. The molecule has 0 spiro atoms. The molecule has 1 amide bonds. The maximum Gasteiger partial charge on any atom is 0.267 e. The lowest BCUT2D eigenvalue weighted by Gasteiger charge is -2.06. The lowest BCUT2D eigenvalue weighted by atomic mass is 10.3. The molecule has 0 unspecified atom stereocenters. The molecular formula is C17H13N5OS. The standard InChI is InChI=1S/C17H13N5OS/c1-11-18-9-15(24-11)17(23)21-12-6-7-16(19-8-12)22-10-20-13-4-2-3-5-14(13)22/h2-10H,1H3,(H,21,23). The van der Waals surface area contributed by atoms with Gasteiger partial charge in [0.2, 0.25) is 0 Å². The molecule has 1 N–H and O–H groups in total. The van der Waals surface area contributed by atoms with Crippen molar-refractivity contribution in [1.29, 1.82) is 0 Å². The Labute approximate surface area is 141 Å². The molecule has 7 heteroatoms. The molecule has 4 aromatic rings. The summed E-state index contributed by atoms with van der Waals surface area (Å²) in [5.74, 6) is 0.568. The molecule has 0 aliphatic carbocycles. The number of thiazole rings is 1. The number of para-hydroxylation sites is 2. The van der Waals surface area contributed by atoms with Gasteiger partial charge in [-0.3, -0.25) is 9.36 Å². The smallest absolute Gasteiger partial charge is 0.267 e. The molecule has 0 fully saturated rings. The van der Waals surface area contributed by atoms with Crippen molar-refractivity contribution >= 4 is 34.0 Å². The first-order valence-electron chi connectivity index (χ1n) is 7.33. The molecule has 0 aliphatic heterocycles. The molecule has 3 aromatic heterocycles. The largest absolute Gasteiger partial charge is 0.320 e. The van der Waals surface area contributed by atoms with Crippen LogP contribution in [-0.2, 0) is 0 Å². The Kier molecular flexibility index (Phi) is 3.55. The predicted octanol–water partition coefficient (Wildman–Crippen LogP) is 3.44. The van der Waals surface area contributed by atoms with E-state index in [2.05, 4.69) is 20.3 Å². The van der Waals surface area contributed by atoms with Gasteiger partial charge in [0.25, 0.3) is 5.91 Å². The van der Waals surface area contributed by atoms with Crippen LogP contribution in [0.3, 0.4) is 0 Å². The SMILES string of the molecule is Cc1ncc(C(=O)Nc2ccc(-n3cnc4ccccc43)nc2)s1. The van der Waals surface area contributed by atoms with Gasteiger partial charge < -0.3 is 5.32 Å². The number of rotatable bonds is 3. The van der Waals surface area contributed by atoms with Gasteiger partial charge in [-0.25, -0.2) is 15.0 Å². The summed E-state index contributed by atoms with van der Waals surface area (Å²) < 4.78 is 1.91. The number of imidazole rings is 1. The number of amides is 1. The Balaban J connectivity index is 1.57. The Hall–Kier alpha value is -3.06. The van der Waals surface area contributed by atoms with E-state index in [9.17, 15) is 4.79 Å². The fraction of sp³-hybridized carbons (Fsp3) is 0.0588. The Morgan fingerprint density at radius 1 is 1.08 bits per heavy atom. The summed E-state index contributed by atoms with van der Waals surface area (Å²) in [4.78, 5) is 25.6. The van der Waals surface area contributed by atoms with E-state index in [1.54, 1.807) is 18.7 Å². The maximum absolute atomic E-state index is 12.1. The number of nitrogens with zero attached hydrogens (tertiary/aromatic N) is 4. The summed E-state index contributed by atoms with van der Waals surface area (Å²) >= 11 is 1.36. The molecule has 1 aromatic carbocycles. The average Bonchev–Trinajstić information content (AvgIpc) is 3.22. The van der Waals surface area contributed by atoms with Crippen LogP contribution in [0, 0.1) is 6.92 Å². The van der Waals surface area contributed by atoms with Gasteiger partial charge in [0, 0.05) is 0 Å². The van der Waals surface area contributed by atoms with E-state index in [0.29, 0.717) is 10.6 Å². The molecule has 118 valence electrons. The number of carbonyl (C=O) groups excluding carboxylic acids is 1. The highest BCUT2D eigenvalue weighted by atomic mass is 32.1. The number of nitrogens with one attached hydrogen (secondary N) is 1. The van der Waals surface area contributed by atoms with Crippen molar-refractivity contribution in [2.24, 2.45) is 0 Å². The molecule has 24 heavy (non-hydrogen) atoms. The summed E-state index contributed by atoms with van der Waals surface area (Å²) in [6.07, 6.45) is 4.95. The predicted molar refractivity (Wildman–Crippen MR) is 93.7 cm³/mol. The minimum Gasteiger partial charge on any atom is -0.320 e. The van der Waals surface area contributed by atoms with E-state index in [-0.39, 0.29) is 5.91 Å². The van der Waals surface area contributed by atoms with Crippen LogP contribution in [0.2, 0.25) is 0 Å². The first-order chi connectivity index (χ1) is 11.7. The van der Waals surface area contributed by atoms with Gasteiger partial charge in [0.1, 0.15) is 17.0 Å². The molecule has 0 aliphatic rings. The molecule has 0 bridgehead atoms. The number of pyridine rings is 1. The highest BCUT2D eigenvalue weighted by molar-refractivity contribution is 7.13. The van der Waals surface area contributed by atoms with E-state index >= 15 is 0 Å². The summed E-state index contributed by atoms with van der Waals surface area (Å²) in [5, 5.41) is 3.69. The lowest BCUT2D eigenvalue weighted by Crippen LogP contribution is -2.10. The number of aryl methyl sites for hydroxylation is 1. The second-order valence-electron chi connectivity index (χ2n) is 5.21. The van der Waals surface area contributed by atoms with Gasteiger partial charge >= 0.3 is 0 Å². The van der Waals surface area contributed by atoms with Gasteiger partial charge in [-0.2, -0.15) is 0 Å². The van der Waals surface area contributed by atoms with E-state index in [1.165, 1.54) is 11.3 Å². The first kappa shape index (κ1) is 14.5. The topological polar surface area (TPSA) is 72.7 Å². The number of fused-ring (bicyclic) bond motifs is 1. The molecule has 0 radical (unpaired) electrons. The molecule has 0 saturated heterocycles. The first-order valence-corrected chi connectivity index (χ1v) is 8.15. The van der Waals surface area contributed by atoms with Gasteiger partial charge in [0.05, 0.1) is 34.1 Å². The van der Waals surface area contributed by atoms with Crippen LogP contribution in [0.5, 0.6) is 0 Å². The van der Waals surface area contributed by atoms with Gasteiger partial charge in [0.15, 0.2) is 0 Å². The summed E-state index contributed by atoms with van der Waals surface area (Å²) in [7, 11) is 0. The summed E-state index contributed by atoms with van der Waals surface area (Å²) in [5.41, 5.74) is 2.54. The van der Waals surface area contributed by atoms with Crippen LogP contribution in [0.25, 0.3) is 16.9 Å². The number of anilines is 1. The normalized spacial score (nSPS) is 10.9. The zero-order chi connectivity index (χ0) is 16.5. The highest BCUT2D eigenvalue weighted by Gasteiger charge is 2.10. The average molecular weight is 335 g/mol. The minimum atomic E-state index is -0.178. The Morgan fingerprint density at radius 3 is 2.71 bits per heavy atom. The van der Waals surface area contributed by atoms with E-state index in [0.717, 1.165) is 21.9 Å². The maximum atomic E-state index is 12.1. The summed E-state index contributed by atoms with van der Waals surface area (Å²) in [6, 6.07) is 11.5. The quantitative estimate of drug-likeness (QED) is 0.622. The third-order valence-electron chi connectivity index (χ3n) is 3.55. The molecule has 4 rings (SSSR count). The molecule has 0 saturated carbocycles. The highest BCUT2D eigenvalue weighted by Crippen LogP contribution is 2.18. The van der Waals surface area contributed by atoms with Gasteiger partial charge in [-0.1, -0.05) is 12.1 Å². The van der Waals surface area contributed by atoms with Crippen molar-refractivity contribution in [2.75, 3.05) is 5.32 Å². The molecular weight excluding hydrogens is 322 g/mol. The van der Waals surface area contributed by atoms with Crippen LogP contribution < -0.4 is 5.32 Å². The van der Waals surface area contributed by atoms with E-state index in [1.807, 2.05) is 47.9 Å². The zero-order valence-corrected chi connectivity index (χ0v) is 13.6. The fourth-order valence-electron chi connectivity index (χ4n) is 2.40. The number of benzene rings is 1. The monoisotopic (exact) mass is 335 g/mol. The van der Waals surface area contributed by atoms with Crippen LogP contribution in [0.4, 0.5) is 5.69 Å². The van der Waals surface area contributed by atoms with Crippen molar-refractivity contribution in [3.63, 3.8) is 0 Å². The molecule has 6 nitrogen and oxygen atoms in total. The fourth-order valence-corrected chi connectivity index (χ4v) is 3.08. The lowest BCUT2D eigenvalue weighted by molar-refractivity contribution is 0.103. The number of aromatic nitrogens is 4. The Morgan fingerprint density at radius 2 is 1.96 bits per heavy atom. The number of hydrogen-bond donors (Lipinski definition) is 1. The Bertz CT molecular complexity index is 1020. The third kappa shape index (κ3) is 2.65. The number of hydrogen-bond acceptors (Lipinski definition) is 5. The molecule has 0 atom stereocenters. The van der Waals surface area contributed by atoms with Crippen molar-refractivity contribution < 1.29 is 4.79 Å². The zero-order valence-electron chi connectivity index (χ0n) is 12.8. The van der Waals surface area contributed by atoms with Crippen LogP contribution in [0.15, 0.2) is 55.1 Å². The van der Waals surface area contributed by atoms with E-state index in [4.69, 9.17) is 0 Å². The van der Waals surface area contributed by atoms with Crippen molar-refractivity contribution in [3.8, 4) is 5.82 Å². The van der Waals surface area contributed by atoms with Crippen LogP contribution >= 0.6 is 11.3 Å².